The largest absolute Gasteiger partial charge is 0.458 e. The molecule has 1 aliphatic rings. The number of carbonyl (C=O) groups is 1. The van der Waals surface area contributed by atoms with Crippen molar-refractivity contribution in [2.24, 2.45) is 5.92 Å². The van der Waals surface area contributed by atoms with Gasteiger partial charge in [0.15, 0.2) is 5.76 Å². The first-order valence-corrected chi connectivity index (χ1v) is 3.88. The van der Waals surface area contributed by atoms with Crippen LogP contribution >= 0.6 is 0 Å². The molecule has 0 spiro atoms. The lowest BCUT2D eigenvalue weighted by Gasteiger charge is -1.90. The topological polar surface area (TPSA) is 30.2 Å². The zero-order valence-electron chi connectivity index (χ0n) is 6.46. The lowest BCUT2D eigenvalue weighted by Crippen LogP contribution is -1.98. The van der Waals surface area contributed by atoms with Gasteiger partial charge in [-0.2, -0.15) is 0 Å². The molecule has 2 rings (SSSR count). The average Bonchev–Trinajstić information content (AvgIpc) is 2.74. The SMILES string of the molecule is Cc1ccc(C(=O)C2CC2)o1. The summed E-state index contributed by atoms with van der Waals surface area (Å²) in [5.74, 6) is 1.79. The van der Waals surface area contributed by atoms with Gasteiger partial charge in [0.05, 0.1) is 0 Å². The minimum atomic E-state index is 0.179. The number of Topliss-reactive ketones (excluding diaryl/α,β-unsaturated/α-hetero) is 1. The molecule has 0 aliphatic heterocycles. The highest BCUT2D eigenvalue weighted by molar-refractivity contribution is 5.96. The number of hydrogen-bond acceptors (Lipinski definition) is 2. The monoisotopic (exact) mass is 150 g/mol. The van der Waals surface area contributed by atoms with E-state index in [9.17, 15) is 4.79 Å². The molecular weight excluding hydrogens is 140 g/mol. The second-order valence-electron chi connectivity index (χ2n) is 3.05. The van der Waals surface area contributed by atoms with E-state index in [0.29, 0.717) is 5.76 Å². The van der Waals surface area contributed by atoms with Crippen LogP contribution in [0.5, 0.6) is 0 Å². The molecular formula is C9H10O2. The maximum Gasteiger partial charge on any atom is 0.201 e. The Bertz CT molecular complexity index is 282. The number of hydrogen-bond donors (Lipinski definition) is 0. The lowest BCUT2D eigenvalue weighted by molar-refractivity contribution is 0.0939. The summed E-state index contributed by atoms with van der Waals surface area (Å²) in [6.45, 7) is 1.85. The quantitative estimate of drug-likeness (QED) is 0.605. The summed E-state index contributed by atoms with van der Waals surface area (Å²) >= 11 is 0. The van der Waals surface area contributed by atoms with E-state index in [1.807, 2.05) is 13.0 Å². The Balaban J connectivity index is 2.21. The maximum atomic E-state index is 11.3. The van der Waals surface area contributed by atoms with Gasteiger partial charge in [0, 0.05) is 5.92 Å². The smallest absolute Gasteiger partial charge is 0.201 e. The molecule has 58 valence electrons. The number of furan rings is 1. The van der Waals surface area contributed by atoms with Crippen molar-refractivity contribution >= 4 is 5.78 Å². The fourth-order valence-corrected chi connectivity index (χ4v) is 1.11. The number of carbonyl (C=O) groups excluding carboxylic acids is 1. The van der Waals surface area contributed by atoms with E-state index in [0.717, 1.165) is 18.6 Å². The highest BCUT2D eigenvalue weighted by Gasteiger charge is 2.32. The highest BCUT2D eigenvalue weighted by Crippen LogP contribution is 2.32. The molecule has 1 aromatic rings. The van der Waals surface area contributed by atoms with Crippen molar-refractivity contribution in [2.45, 2.75) is 19.8 Å². The van der Waals surface area contributed by atoms with E-state index in [1.165, 1.54) is 0 Å². The predicted octanol–water partition coefficient (Wildman–Crippen LogP) is 2.18. The van der Waals surface area contributed by atoms with E-state index in [2.05, 4.69) is 0 Å². The van der Waals surface area contributed by atoms with Gasteiger partial charge in [-0.1, -0.05) is 0 Å². The normalized spacial score (nSPS) is 16.8. The van der Waals surface area contributed by atoms with E-state index >= 15 is 0 Å². The second kappa shape index (κ2) is 2.22. The van der Waals surface area contributed by atoms with Gasteiger partial charge in [0.25, 0.3) is 0 Å². The van der Waals surface area contributed by atoms with Crippen LogP contribution in [0.2, 0.25) is 0 Å². The van der Waals surface area contributed by atoms with Crippen molar-refractivity contribution in [3.8, 4) is 0 Å². The summed E-state index contributed by atoms with van der Waals surface area (Å²) in [5, 5.41) is 0. The van der Waals surface area contributed by atoms with Crippen LogP contribution in [0.25, 0.3) is 0 Å². The fourth-order valence-electron chi connectivity index (χ4n) is 1.11. The van der Waals surface area contributed by atoms with Crippen molar-refractivity contribution in [3.63, 3.8) is 0 Å². The van der Waals surface area contributed by atoms with E-state index < -0.39 is 0 Å². The van der Waals surface area contributed by atoms with E-state index in [-0.39, 0.29) is 11.7 Å². The summed E-state index contributed by atoms with van der Waals surface area (Å²) in [7, 11) is 0. The zero-order chi connectivity index (χ0) is 7.84. The van der Waals surface area contributed by atoms with E-state index in [4.69, 9.17) is 4.42 Å². The van der Waals surface area contributed by atoms with Crippen molar-refractivity contribution in [1.29, 1.82) is 0 Å². The van der Waals surface area contributed by atoms with Gasteiger partial charge in [-0.3, -0.25) is 4.79 Å². The molecule has 0 N–H and O–H groups in total. The molecule has 2 heteroatoms. The van der Waals surface area contributed by atoms with Crippen LogP contribution in [0.15, 0.2) is 16.5 Å². The van der Waals surface area contributed by atoms with Crippen molar-refractivity contribution in [1.82, 2.24) is 0 Å². The zero-order valence-corrected chi connectivity index (χ0v) is 6.46. The molecule has 0 radical (unpaired) electrons. The summed E-state index contributed by atoms with van der Waals surface area (Å²) in [5.41, 5.74) is 0. The minimum Gasteiger partial charge on any atom is -0.458 e. The van der Waals surface area contributed by atoms with Gasteiger partial charge in [0.1, 0.15) is 5.76 Å². The Hall–Kier alpha value is -1.05. The molecule has 2 nitrogen and oxygen atoms in total. The fraction of sp³-hybridized carbons (Fsp3) is 0.444. The van der Waals surface area contributed by atoms with Crippen LogP contribution in [-0.2, 0) is 0 Å². The molecule has 0 unspecified atom stereocenters. The number of aryl methyl sites for hydroxylation is 1. The van der Waals surface area contributed by atoms with E-state index in [1.54, 1.807) is 6.07 Å². The minimum absolute atomic E-state index is 0.179. The van der Waals surface area contributed by atoms with Gasteiger partial charge in [-0.25, -0.2) is 0 Å². The van der Waals surface area contributed by atoms with Crippen LogP contribution in [-0.4, -0.2) is 5.78 Å². The Morgan fingerprint density at radius 3 is 2.73 bits per heavy atom. The van der Waals surface area contributed by atoms with Crippen molar-refractivity contribution in [2.75, 3.05) is 0 Å². The van der Waals surface area contributed by atoms with Gasteiger partial charge >= 0.3 is 0 Å². The van der Waals surface area contributed by atoms with Crippen LogP contribution in [0, 0.1) is 12.8 Å². The first-order chi connectivity index (χ1) is 5.27. The second-order valence-corrected chi connectivity index (χ2v) is 3.05. The number of ketones is 1. The lowest BCUT2D eigenvalue weighted by atomic mass is 10.2. The molecule has 1 fully saturated rings. The van der Waals surface area contributed by atoms with Gasteiger partial charge in [-0.15, -0.1) is 0 Å². The molecule has 0 saturated heterocycles. The van der Waals surface area contributed by atoms with Gasteiger partial charge in [0.2, 0.25) is 5.78 Å². The Morgan fingerprint density at radius 1 is 1.55 bits per heavy atom. The molecule has 1 heterocycles. The average molecular weight is 150 g/mol. The first kappa shape index (κ1) is 6.65. The Morgan fingerprint density at radius 2 is 2.27 bits per heavy atom. The third-order valence-electron chi connectivity index (χ3n) is 1.93. The molecule has 1 saturated carbocycles. The van der Waals surface area contributed by atoms with Crippen molar-refractivity contribution in [3.05, 3.63) is 23.7 Å². The summed E-state index contributed by atoms with van der Waals surface area (Å²) in [4.78, 5) is 11.3. The molecule has 1 aliphatic carbocycles. The van der Waals surface area contributed by atoms with Crippen LogP contribution < -0.4 is 0 Å². The molecule has 0 atom stereocenters. The van der Waals surface area contributed by atoms with Gasteiger partial charge < -0.3 is 4.42 Å². The first-order valence-electron chi connectivity index (χ1n) is 3.88. The third kappa shape index (κ3) is 1.20. The van der Waals surface area contributed by atoms with Crippen LogP contribution in [0.1, 0.15) is 29.2 Å². The molecule has 0 bridgehead atoms. The predicted molar refractivity (Wildman–Crippen MR) is 40.5 cm³/mol. The van der Waals surface area contributed by atoms with Crippen molar-refractivity contribution < 1.29 is 9.21 Å². The Labute approximate surface area is 65.2 Å². The van der Waals surface area contributed by atoms with Gasteiger partial charge in [-0.05, 0) is 31.9 Å². The highest BCUT2D eigenvalue weighted by atomic mass is 16.3. The molecule has 0 aromatic carbocycles. The van der Waals surface area contributed by atoms with Crippen LogP contribution in [0.3, 0.4) is 0 Å². The molecule has 11 heavy (non-hydrogen) atoms. The third-order valence-corrected chi connectivity index (χ3v) is 1.93. The summed E-state index contributed by atoms with van der Waals surface area (Å²) < 4.78 is 5.20. The summed E-state index contributed by atoms with van der Waals surface area (Å²) in [6.07, 6.45) is 2.08. The maximum absolute atomic E-state index is 11.3. The van der Waals surface area contributed by atoms with Crippen LogP contribution in [0.4, 0.5) is 0 Å². The molecule has 1 aromatic heterocycles. The Kier molecular flexibility index (Phi) is 1.34. The molecule has 0 amide bonds. The number of rotatable bonds is 2. The standard InChI is InChI=1S/C9H10O2/c1-6-2-5-8(11-6)9(10)7-3-4-7/h2,5,7H,3-4H2,1H3. The summed E-state index contributed by atoms with van der Waals surface area (Å²) in [6, 6.07) is 3.59.